The van der Waals surface area contributed by atoms with Crippen LogP contribution in [0.5, 0.6) is 11.5 Å². The maximum atomic E-state index is 12.2. The number of H-pyrrole nitrogens is 1. The fourth-order valence-corrected chi connectivity index (χ4v) is 4.23. The molecule has 4 rings (SSSR count). The first-order valence-corrected chi connectivity index (χ1v) is 11.4. The van der Waals surface area contributed by atoms with Gasteiger partial charge in [-0.1, -0.05) is 19.1 Å². The Morgan fingerprint density at radius 2 is 1.91 bits per heavy atom. The highest BCUT2D eigenvalue weighted by Crippen LogP contribution is 2.27. The van der Waals surface area contributed by atoms with E-state index in [1.54, 1.807) is 12.1 Å². The molecule has 0 amide bonds. The van der Waals surface area contributed by atoms with Crippen molar-refractivity contribution in [3.63, 3.8) is 0 Å². The molecule has 32 heavy (non-hydrogen) atoms. The number of phenolic OH excluding ortho intramolecular Hbond substituents is 1. The minimum Gasteiger partial charge on any atom is -0.508 e. The first-order chi connectivity index (χ1) is 15.5. The third kappa shape index (κ3) is 5.56. The molecule has 6 nitrogen and oxygen atoms in total. The van der Waals surface area contributed by atoms with Crippen LogP contribution in [0.3, 0.4) is 0 Å². The fraction of sp³-hybridized carbons (Fsp3) is 0.385. The van der Waals surface area contributed by atoms with Gasteiger partial charge in [-0.15, -0.1) is 0 Å². The van der Waals surface area contributed by atoms with Crippen LogP contribution in [0.4, 0.5) is 0 Å². The summed E-state index contributed by atoms with van der Waals surface area (Å²) in [5.41, 5.74) is 3.19. The van der Waals surface area contributed by atoms with Crippen molar-refractivity contribution in [2.75, 3.05) is 13.2 Å². The third-order valence-corrected chi connectivity index (χ3v) is 6.20. The summed E-state index contributed by atoms with van der Waals surface area (Å²) in [6.45, 7) is 5.56. The van der Waals surface area contributed by atoms with Gasteiger partial charge in [-0.3, -0.25) is 0 Å². The van der Waals surface area contributed by atoms with Gasteiger partial charge in [0.2, 0.25) is 0 Å². The van der Waals surface area contributed by atoms with E-state index >= 15 is 0 Å². The molecule has 1 fully saturated rings. The second kappa shape index (κ2) is 10.0. The lowest BCUT2D eigenvalue weighted by Gasteiger charge is -2.27. The quantitative estimate of drug-likeness (QED) is 0.472. The Balaban J connectivity index is 1.43. The molecular weight excluding hydrogens is 402 g/mol. The molecule has 0 radical (unpaired) electrons. The zero-order valence-electron chi connectivity index (χ0n) is 18.7. The maximum absolute atomic E-state index is 12.2. The number of benzene rings is 2. The van der Waals surface area contributed by atoms with Crippen LogP contribution < -0.4 is 15.7 Å². The summed E-state index contributed by atoms with van der Waals surface area (Å²) in [6, 6.07) is 15.3. The molecule has 1 aliphatic carbocycles. The fourth-order valence-electron chi connectivity index (χ4n) is 4.23. The number of aryl methyl sites for hydroxylation is 1. The van der Waals surface area contributed by atoms with Crippen molar-refractivity contribution in [3.05, 3.63) is 64.6 Å². The third-order valence-electron chi connectivity index (χ3n) is 6.20. The van der Waals surface area contributed by atoms with Gasteiger partial charge in [0, 0.05) is 18.2 Å². The number of nitrogens with zero attached hydrogens (tertiary/aromatic N) is 1. The summed E-state index contributed by atoms with van der Waals surface area (Å²) in [5, 5.41) is 13.4. The summed E-state index contributed by atoms with van der Waals surface area (Å²) < 4.78 is 5.95. The minimum absolute atomic E-state index is 0.225. The highest BCUT2D eigenvalue weighted by Gasteiger charge is 2.17. The molecule has 0 atom stereocenters. The van der Waals surface area contributed by atoms with E-state index in [2.05, 4.69) is 22.2 Å². The molecule has 0 aliphatic heterocycles. The number of phenols is 1. The average molecular weight is 434 g/mol. The molecule has 6 heteroatoms. The SMILES string of the molecule is Cc1cc(-c2cc(-c3cccc(OCCNC4CCC(C)CC4)c3)nc(=O)[nH]2)ccc1O. The van der Waals surface area contributed by atoms with E-state index in [1.165, 1.54) is 25.7 Å². The van der Waals surface area contributed by atoms with Gasteiger partial charge in [-0.2, -0.15) is 4.98 Å². The summed E-state index contributed by atoms with van der Waals surface area (Å²) in [4.78, 5) is 19.1. The van der Waals surface area contributed by atoms with Gasteiger partial charge in [0.15, 0.2) is 0 Å². The lowest BCUT2D eigenvalue weighted by atomic mass is 9.87. The number of aromatic nitrogens is 2. The molecule has 0 unspecified atom stereocenters. The molecule has 1 aliphatic rings. The van der Waals surface area contributed by atoms with Crippen molar-refractivity contribution < 1.29 is 9.84 Å². The van der Waals surface area contributed by atoms with E-state index in [-0.39, 0.29) is 5.75 Å². The van der Waals surface area contributed by atoms with E-state index in [4.69, 9.17) is 4.74 Å². The van der Waals surface area contributed by atoms with Crippen molar-refractivity contribution in [3.8, 4) is 34.0 Å². The lowest BCUT2D eigenvalue weighted by molar-refractivity contribution is 0.270. The van der Waals surface area contributed by atoms with Gasteiger partial charge < -0.3 is 20.1 Å². The molecule has 3 N–H and O–H groups in total. The highest BCUT2D eigenvalue weighted by molar-refractivity contribution is 5.69. The van der Waals surface area contributed by atoms with E-state index in [0.29, 0.717) is 24.0 Å². The van der Waals surface area contributed by atoms with Crippen LogP contribution in [-0.4, -0.2) is 34.3 Å². The van der Waals surface area contributed by atoms with Gasteiger partial charge >= 0.3 is 5.69 Å². The van der Waals surface area contributed by atoms with Crippen molar-refractivity contribution in [2.45, 2.75) is 45.6 Å². The number of rotatable bonds is 7. The van der Waals surface area contributed by atoms with Crippen LogP contribution >= 0.6 is 0 Å². The molecule has 168 valence electrons. The Morgan fingerprint density at radius 1 is 1.09 bits per heavy atom. The van der Waals surface area contributed by atoms with Crippen LogP contribution in [0, 0.1) is 12.8 Å². The van der Waals surface area contributed by atoms with E-state index in [0.717, 1.165) is 34.9 Å². The van der Waals surface area contributed by atoms with Gasteiger partial charge in [-0.25, -0.2) is 4.79 Å². The molecule has 0 bridgehead atoms. The van der Waals surface area contributed by atoms with Crippen molar-refractivity contribution in [2.24, 2.45) is 5.92 Å². The molecule has 1 saturated carbocycles. The van der Waals surface area contributed by atoms with Crippen LogP contribution in [0.1, 0.15) is 38.2 Å². The first-order valence-electron chi connectivity index (χ1n) is 11.4. The number of hydrogen-bond donors (Lipinski definition) is 3. The second-order valence-electron chi connectivity index (χ2n) is 8.77. The molecule has 2 aromatic carbocycles. The predicted molar refractivity (Wildman–Crippen MR) is 127 cm³/mol. The summed E-state index contributed by atoms with van der Waals surface area (Å²) in [5.74, 6) is 1.83. The molecule has 0 saturated heterocycles. The van der Waals surface area contributed by atoms with Crippen LogP contribution in [-0.2, 0) is 0 Å². The van der Waals surface area contributed by atoms with E-state index < -0.39 is 5.69 Å². The summed E-state index contributed by atoms with van der Waals surface area (Å²) in [6.07, 6.45) is 5.09. The summed E-state index contributed by atoms with van der Waals surface area (Å²) in [7, 11) is 0. The average Bonchev–Trinajstić information content (AvgIpc) is 2.79. The zero-order valence-corrected chi connectivity index (χ0v) is 18.7. The van der Waals surface area contributed by atoms with Gasteiger partial charge in [0.25, 0.3) is 0 Å². The van der Waals surface area contributed by atoms with Crippen molar-refractivity contribution in [1.29, 1.82) is 0 Å². The Bertz CT molecular complexity index is 1120. The Kier molecular flexibility index (Phi) is 6.90. The largest absolute Gasteiger partial charge is 0.508 e. The topological polar surface area (TPSA) is 87.2 Å². The second-order valence-corrected chi connectivity index (χ2v) is 8.77. The van der Waals surface area contributed by atoms with Crippen molar-refractivity contribution in [1.82, 2.24) is 15.3 Å². The number of hydrogen-bond acceptors (Lipinski definition) is 5. The van der Waals surface area contributed by atoms with E-state index in [9.17, 15) is 9.90 Å². The molecule has 1 heterocycles. The molecule has 0 spiro atoms. The van der Waals surface area contributed by atoms with Crippen LogP contribution in [0.2, 0.25) is 0 Å². The van der Waals surface area contributed by atoms with Gasteiger partial charge in [0.05, 0.1) is 11.4 Å². The lowest BCUT2D eigenvalue weighted by Crippen LogP contribution is -2.35. The molecular formula is C26H31N3O3. The number of aromatic amines is 1. The maximum Gasteiger partial charge on any atom is 0.345 e. The van der Waals surface area contributed by atoms with Crippen LogP contribution in [0.15, 0.2) is 53.3 Å². The minimum atomic E-state index is -0.416. The van der Waals surface area contributed by atoms with Crippen LogP contribution in [0.25, 0.3) is 22.5 Å². The molecule has 3 aromatic rings. The standard InChI is InChI=1S/C26H31N3O3/c1-17-6-9-21(10-7-17)27-12-13-32-22-5-3-4-19(15-22)23-16-24(29-26(31)28-23)20-8-11-25(30)18(2)14-20/h3-5,8,11,14-17,21,27,30H,6-7,9-10,12-13H2,1-2H3,(H,28,29,31). The Labute approximate surface area is 188 Å². The number of aromatic hydroxyl groups is 1. The Hall–Kier alpha value is -3.12. The first kappa shape index (κ1) is 22.1. The van der Waals surface area contributed by atoms with Gasteiger partial charge in [-0.05, 0) is 86.1 Å². The van der Waals surface area contributed by atoms with Gasteiger partial charge in [0.1, 0.15) is 18.1 Å². The molecule has 1 aromatic heterocycles. The predicted octanol–water partition coefficient (Wildman–Crippen LogP) is 4.67. The number of ether oxygens (including phenoxy) is 1. The highest BCUT2D eigenvalue weighted by atomic mass is 16.5. The summed E-state index contributed by atoms with van der Waals surface area (Å²) >= 11 is 0. The normalized spacial score (nSPS) is 18.4. The number of nitrogens with one attached hydrogen (secondary N) is 2. The monoisotopic (exact) mass is 433 g/mol. The zero-order chi connectivity index (χ0) is 22.5. The van der Waals surface area contributed by atoms with E-state index in [1.807, 2.05) is 43.3 Å². The smallest absolute Gasteiger partial charge is 0.345 e. The Morgan fingerprint density at radius 3 is 2.69 bits per heavy atom. The van der Waals surface area contributed by atoms with Crippen molar-refractivity contribution >= 4 is 0 Å².